The van der Waals surface area contributed by atoms with Crippen LogP contribution < -0.4 is 4.90 Å². The Morgan fingerprint density at radius 1 is 1.25 bits per heavy atom. The van der Waals surface area contributed by atoms with E-state index in [9.17, 15) is 4.79 Å². The van der Waals surface area contributed by atoms with E-state index in [1.807, 2.05) is 48.2 Å². The fourth-order valence-electron chi connectivity index (χ4n) is 2.69. The lowest BCUT2D eigenvalue weighted by Crippen LogP contribution is -2.24. The number of anilines is 1. The van der Waals surface area contributed by atoms with Crippen LogP contribution in [0.5, 0.6) is 0 Å². The summed E-state index contributed by atoms with van der Waals surface area (Å²) in [7, 11) is 0. The van der Waals surface area contributed by atoms with Crippen LogP contribution in [-0.2, 0) is 11.2 Å². The molecule has 0 aliphatic carbocycles. The minimum Gasteiger partial charge on any atom is -0.312 e. The molecule has 1 amide bonds. The first-order chi connectivity index (χ1) is 9.72. The molecule has 0 saturated carbocycles. The molecule has 0 bridgehead atoms. The van der Waals surface area contributed by atoms with Gasteiger partial charge in [-0.2, -0.15) is 0 Å². The SMILES string of the molecule is Cc1nccc(CC2CC(=O)N(c3ccccc3)C2)n1. The highest BCUT2D eigenvalue weighted by Gasteiger charge is 2.30. The van der Waals surface area contributed by atoms with E-state index in [2.05, 4.69) is 9.97 Å². The zero-order valence-corrected chi connectivity index (χ0v) is 11.5. The van der Waals surface area contributed by atoms with Crippen molar-refractivity contribution < 1.29 is 4.79 Å². The van der Waals surface area contributed by atoms with E-state index >= 15 is 0 Å². The molecule has 2 aromatic rings. The van der Waals surface area contributed by atoms with Crippen molar-refractivity contribution in [2.45, 2.75) is 19.8 Å². The Morgan fingerprint density at radius 2 is 2.05 bits per heavy atom. The van der Waals surface area contributed by atoms with E-state index in [0.717, 1.165) is 30.2 Å². The second-order valence-electron chi connectivity index (χ2n) is 5.21. The van der Waals surface area contributed by atoms with Gasteiger partial charge in [0.15, 0.2) is 0 Å². The van der Waals surface area contributed by atoms with Gasteiger partial charge in [-0.05, 0) is 37.5 Å². The molecule has 1 aromatic carbocycles. The molecule has 1 saturated heterocycles. The largest absolute Gasteiger partial charge is 0.312 e. The molecule has 1 atom stereocenters. The Labute approximate surface area is 118 Å². The maximum absolute atomic E-state index is 12.1. The van der Waals surface area contributed by atoms with Gasteiger partial charge in [-0.25, -0.2) is 9.97 Å². The fourth-order valence-corrected chi connectivity index (χ4v) is 2.69. The summed E-state index contributed by atoms with van der Waals surface area (Å²) < 4.78 is 0. The summed E-state index contributed by atoms with van der Waals surface area (Å²) in [5.41, 5.74) is 2.00. The summed E-state index contributed by atoms with van der Waals surface area (Å²) >= 11 is 0. The number of aryl methyl sites for hydroxylation is 1. The topological polar surface area (TPSA) is 46.1 Å². The molecule has 4 nitrogen and oxygen atoms in total. The number of benzene rings is 1. The zero-order valence-electron chi connectivity index (χ0n) is 11.5. The zero-order chi connectivity index (χ0) is 13.9. The number of para-hydroxylation sites is 1. The highest BCUT2D eigenvalue weighted by atomic mass is 16.2. The minimum absolute atomic E-state index is 0.201. The molecule has 0 radical (unpaired) electrons. The van der Waals surface area contributed by atoms with E-state index in [-0.39, 0.29) is 5.91 Å². The number of nitrogens with zero attached hydrogens (tertiary/aromatic N) is 3. The van der Waals surface area contributed by atoms with Gasteiger partial charge in [0.1, 0.15) is 5.82 Å². The Balaban J connectivity index is 1.71. The van der Waals surface area contributed by atoms with Crippen molar-refractivity contribution in [1.29, 1.82) is 0 Å². The van der Waals surface area contributed by atoms with Crippen LogP contribution in [0.1, 0.15) is 17.9 Å². The van der Waals surface area contributed by atoms with Gasteiger partial charge in [0.25, 0.3) is 0 Å². The first-order valence-corrected chi connectivity index (χ1v) is 6.86. The van der Waals surface area contributed by atoms with Crippen LogP contribution in [0.25, 0.3) is 0 Å². The van der Waals surface area contributed by atoms with Crippen molar-refractivity contribution >= 4 is 11.6 Å². The second kappa shape index (κ2) is 5.41. The average molecular weight is 267 g/mol. The molecule has 102 valence electrons. The Kier molecular flexibility index (Phi) is 3.46. The Bertz CT molecular complexity index is 612. The molecular formula is C16H17N3O. The highest BCUT2D eigenvalue weighted by Crippen LogP contribution is 2.26. The summed E-state index contributed by atoms with van der Waals surface area (Å²) in [6.07, 6.45) is 3.21. The van der Waals surface area contributed by atoms with Crippen molar-refractivity contribution in [3.05, 3.63) is 54.1 Å². The van der Waals surface area contributed by atoms with Crippen LogP contribution in [0.4, 0.5) is 5.69 Å². The van der Waals surface area contributed by atoms with Crippen LogP contribution in [0, 0.1) is 12.8 Å². The molecule has 2 heterocycles. The van der Waals surface area contributed by atoms with Gasteiger partial charge in [-0.3, -0.25) is 4.79 Å². The molecule has 0 N–H and O–H groups in total. The summed E-state index contributed by atoms with van der Waals surface area (Å²) in [5.74, 6) is 1.32. The first-order valence-electron chi connectivity index (χ1n) is 6.86. The molecule has 4 heteroatoms. The van der Waals surface area contributed by atoms with E-state index in [1.54, 1.807) is 6.20 Å². The summed E-state index contributed by atoms with van der Waals surface area (Å²) in [6.45, 7) is 2.66. The van der Waals surface area contributed by atoms with Gasteiger partial charge in [-0.15, -0.1) is 0 Å². The normalized spacial score (nSPS) is 18.6. The highest BCUT2D eigenvalue weighted by molar-refractivity contribution is 5.95. The van der Waals surface area contributed by atoms with Crippen molar-refractivity contribution in [3.8, 4) is 0 Å². The molecule has 1 aliphatic rings. The lowest BCUT2D eigenvalue weighted by molar-refractivity contribution is -0.117. The molecule has 1 aliphatic heterocycles. The van der Waals surface area contributed by atoms with Gasteiger partial charge < -0.3 is 4.90 Å². The van der Waals surface area contributed by atoms with E-state index in [4.69, 9.17) is 0 Å². The third kappa shape index (κ3) is 2.69. The average Bonchev–Trinajstić information content (AvgIpc) is 2.80. The van der Waals surface area contributed by atoms with Gasteiger partial charge in [0.05, 0.1) is 0 Å². The standard InChI is InChI=1S/C16H17N3O/c1-12-17-8-7-14(18-12)9-13-10-16(20)19(11-13)15-5-3-2-4-6-15/h2-8,13H,9-11H2,1H3. The number of hydrogen-bond donors (Lipinski definition) is 0. The summed E-state index contributed by atoms with van der Waals surface area (Å²) in [6, 6.07) is 11.8. The number of hydrogen-bond acceptors (Lipinski definition) is 3. The quantitative estimate of drug-likeness (QED) is 0.857. The van der Waals surface area contributed by atoms with Crippen molar-refractivity contribution in [1.82, 2.24) is 9.97 Å². The first kappa shape index (κ1) is 12.8. The van der Waals surface area contributed by atoms with Crippen molar-refractivity contribution in [2.24, 2.45) is 5.92 Å². The molecule has 3 rings (SSSR count). The van der Waals surface area contributed by atoms with Crippen LogP contribution in [-0.4, -0.2) is 22.4 Å². The van der Waals surface area contributed by atoms with Crippen molar-refractivity contribution in [2.75, 3.05) is 11.4 Å². The number of carbonyl (C=O) groups excluding carboxylic acids is 1. The number of aromatic nitrogens is 2. The van der Waals surface area contributed by atoms with Crippen LogP contribution in [0.15, 0.2) is 42.6 Å². The maximum atomic E-state index is 12.1. The minimum atomic E-state index is 0.201. The van der Waals surface area contributed by atoms with Gasteiger partial charge in [0, 0.05) is 30.5 Å². The van der Waals surface area contributed by atoms with Crippen molar-refractivity contribution in [3.63, 3.8) is 0 Å². The fraction of sp³-hybridized carbons (Fsp3) is 0.312. The monoisotopic (exact) mass is 267 g/mol. The summed E-state index contributed by atoms with van der Waals surface area (Å²) in [4.78, 5) is 22.5. The number of carbonyl (C=O) groups is 1. The molecule has 1 unspecified atom stereocenters. The third-order valence-electron chi connectivity index (χ3n) is 3.60. The van der Waals surface area contributed by atoms with Crippen LogP contribution in [0.2, 0.25) is 0 Å². The van der Waals surface area contributed by atoms with E-state index in [0.29, 0.717) is 12.3 Å². The Morgan fingerprint density at radius 3 is 2.80 bits per heavy atom. The molecular weight excluding hydrogens is 250 g/mol. The Hall–Kier alpha value is -2.23. The van der Waals surface area contributed by atoms with Crippen LogP contribution in [0.3, 0.4) is 0 Å². The molecule has 1 aromatic heterocycles. The van der Waals surface area contributed by atoms with Gasteiger partial charge in [-0.1, -0.05) is 18.2 Å². The summed E-state index contributed by atoms with van der Waals surface area (Å²) in [5, 5.41) is 0. The smallest absolute Gasteiger partial charge is 0.227 e. The van der Waals surface area contributed by atoms with Gasteiger partial charge in [0.2, 0.25) is 5.91 Å². The lowest BCUT2D eigenvalue weighted by atomic mass is 10.0. The lowest BCUT2D eigenvalue weighted by Gasteiger charge is -2.16. The van der Waals surface area contributed by atoms with E-state index in [1.165, 1.54) is 0 Å². The molecule has 0 spiro atoms. The van der Waals surface area contributed by atoms with Crippen LogP contribution >= 0.6 is 0 Å². The predicted octanol–water partition coefficient (Wildman–Crippen LogP) is 2.38. The third-order valence-corrected chi connectivity index (χ3v) is 3.60. The van der Waals surface area contributed by atoms with Gasteiger partial charge >= 0.3 is 0 Å². The number of amides is 1. The van der Waals surface area contributed by atoms with E-state index < -0.39 is 0 Å². The second-order valence-corrected chi connectivity index (χ2v) is 5.21. The molecule has 20 heavy (non-hydrogen) atoms. The number of rotatable bonds is 3. The maximum Gasteiger partial charge on any atom is 0.227 e. The predicted molar refractivity (Wildman–Crippen MR) is 77.4 cm³/mol. The molecule has 1 fully saturated rings.